The Morgan fingerprint density at radius 3 is 2.55 bits per heavy atom. The van der Waals surface area contributed by atoms with Crippen molar-refractivity contribution in [3.8, 4) is 0 Å². The third-order valence-corrected chi connectivity index (χ3v) is 6.43. The molecule has 4 heterocycles. The normalized spacial score (nSPS) is 21.6. The van der Waals surface area contributed by atoms with Gasteiger partial charge in [0, 0.05) is 44.0 Å². The van der Waals surface area contributed by atoms with Crippen LogP contribution in [0.5, 0.6) is 0 Å². The molecule has 10 heteroatoms. The molecule has 2 saturated heterocycles. The van der Waals surface area contributed by atoms with Crippen molar-refractivity contribution in [3.05, 3.63) is 52.5 Å². The number of pyridine rings is 1. The molecule has 168 valence electrons. The van der Waals surface area contributed by atoms with Crippen molar-refractivity contribution >= 4 is 23.2 Å². The number of carboxylic acid groups (broad SMARTS) is 1. The van der Waals surface area contributed by atoms with Crippen molar-refractivity contribution in [2.75, 3.05) is 26.2 Å². The van der Waals surface area contributed by atoms with E-state index in [4.69, 9.17) is 9.90 Å². The van der Waals surface area contributed by atoms with Crippen molar-refractivity contribution in [1.29, 1.82) is 0 Å². The number of thiophene rings is 1. The van der Waals surface area contributed by atoms with Crippen LogP contribution >= 0.6 is 11.3 Å². The number of aliphatic carboxylic acids is 1. The number of piperidine rings is 1. The van der Waals surface area contributed by atoms with Gasteiger partial charge < -0.3 is 10.0 Å². The van der Waals surface area contributed by atoms with Gasteiger partial charge in [-0.2, -0.15) is 13.2 Å². The Morgan fingerprint density at radius 1 is 1.16 bits per heavy atom. The van der Waals surface area contributed by atoms with Gasteiger partial charge in [0.15, 0.2) is 0 Å². The molecule has 1 atom stereocenters. The average Bonchev–Trinajstić information content (AvgIpc) is 3.39. The van der Waals surface area contributed by atoms with Gasteiger partial charge in [-0.05, 0) is 48.9 Å². The first-order chi connectivity index (χ1) is 14.7. The highest BCUT2D eigenvalue weighted by Gasteiger charge is 2.42. The molecule has 0 aromatic carbocycles. The van der Waals surface area contributed by atoms with Crippen molar-refractivity contribution in [2.24, 2.45) is 5.41 Å². The summed E-state index contributed by atoms with van der Waals surface area (Å²) in [5.41, 5.74) is 1.56. The number of amides is 1. The maximum absolute atomic E-state index is 12.7. The molecule has 31 heavy (non-hydrogen) atoms. The average molecular weight is 456 g/mol. The number of halogens is 3. The van der Waals surface area contributed by atoms with E-state index in [1.807, 2.05) is 36.0 Å². The molecule has 1 unspecified atom stereocenters. The molecule has 0 aliphatic carbocycles. The second-order valence-corrected chi connectivity index (χ2v) is 8.88. The fraction of sp³-hybridized carbons (Fsp3) is 0.476. The van der Waals surface area contributed by atoms with Crippen LogP contribution in [-0.4, -0.2) is 64.1 Å². The molecular weight excluding hydrogens is 431 g/mol. The van der Waals surface area contributed by atoms with Crippen LogP contribution in [0.1, 0.15) is 34.5 Å². The number of carboxylic acids is 1. The predicted octanol–water partition coefficient (Wildman–Crippen LogP) is 3.90. The molecule has 2 aliphatic heterocycles. The van der Waals surface area contributed by atoms with E-state index in [-0.39, 0.29) is 11.3 Å². The Hall–Kier alpha value is -2.46. The molecule has 1 N–H and O–H groups in total. The Bertz CT molecular complexity index is 877. The molecule has 6 nitrogen and oxygen atoms in total. The summed E-state index contributed by atoms with van der Waals surface area (Å²) in [6.07, 6.45) is 2.26. The topological polar surface area (TPSA) is 73.7 Å². The molecule has 0 bridgehead atoms. The first kappa shape index (κ1) is 23.2. The Kier molecular flexibility index (Phi) is 7.32. The first-order valence-electron chi connectivity index (χ1n) is 9.93. The molecule has 2 aromatic heterocycles. The lowest BCUT2D eigenvalue weighted by atomic mass is 9.79. The molecule has 2 aliphatic rings. The van der Waals surface area contributed by atoms with Gasteiger partial charge in [0.25, 0.3) is 5.91 Å². The van der Waals surface area contributed by atoms with E-state index < -0.39 is 12.1 Å². The highest BCUT2D eigenvalue weighted by Crippen LogP contribution is 2.40. The summed E-state index contributed by atoms with van der Waals surface area (Å²) in [5, 5.41) is 9.11. The van der Waals surface area contributed by atoms with E-state index in [1.54, 1.807) is 11.3 Å². The summed E-state index contributed by atoms with van der Waals surface area (Å²) < 4.78 is 31.7. The third-order valence-electron chi connectivity index (χ3n) is 5.57. The van der Waals surface area contributed by atoms with Gasteiger partial charge in [0.05, 0.1) is 4.88 Å². The first-order valence-corrected chi connectivity index (χ1v) is 10.8. The van der Waals surface area contributed by atoms with Crippen LogP contribution in [-0.2, 0) is 11.3 Å². The number of aromatic nitrogens is 1. The monoisotopic (exact) mass is 455 g/mol. The second kappa shape index (κ2) is 9.78. The van der Waals surface area contributed by atoms with Crippen LogP contribution in [0.2, 0.25) is 0 Å². The van der Waals surface area contributed by atoms with Gasteiger partial charge in [-0.3, -0.25) is 14.7 Å². The smallest absolute Gasteiger partial charge is 0.475 e. The lowest BCUT2D eigenvalue weighted by molar-refractivity contribution is -0.192. The molecular formula is C21H24F3N3O3S. The lowest BCUT2D eigenvalue weighted by Crippen LogP contribution is -2.47. The largest absolute Gasteiger partial charge is 0.490 e. The predicted molar refractivity (Wildman–Crippen MR) is 110 cm³/mol. The highest BCUT2D eigenvalue weighted by molar-refractivity contribution is 7.12. The number of hydrogen-bond acceptors (Lipinski definition) is 5. The Morgan fingerprint density at radius 2 is 1.94 bits per heavy atom. The number of nitrogens with zero attached hydrogens (tertiary/aromatic N) is 3. The van der Waals surface area contributed by atoms with Crippen LogP contribution in [0.25, 0.3) is 0 Å². The van der Waals surface area contributed by atoms with Gasteiger partial charge in [-0.25, -0.2) is 4.79 Å². The van der Waals surface area contributed by atoms with E-state index >= 15 is 0 Å². The van der Waals surface area contributed by atoms with Gasteiger partial charge in [0.2, 0.25) is 0 Å². The standard InChI is InChI=1S/C19H23N3OS.C2HF3O2/c23-18(17-5-2-11-24-17)22-9-3-6-19(15-22)7-10-21(14-19)13-16-4-1-8-20-12-16;3-2(4,5)1(6)7/h1-2,4-5,8,11-12H,3,6-7,9-10,13-15H2;(H,6,7). The van der Waals surface area contributed by atoms with Gasteiger partial charge in [-0.1, -0.05) is 12.1 Å². The minimum atomic E-state index is -5.08. The number of rotatable bonds is 3. The number of alkyl halides is 3. The second-order valence-electron chi connectivity index (χ2n) is 7.93. The van der Waals surface area contributed by atoms with E-state index in [0.29, 0.717) is 0 Å². The van der Waals surface area contributed by atoms with Crippen LogP contribution in [0.3, 0.4) is 0 Å². The summed E-state index contributed by atoms with van der Waals surface area (Å²) in [5.74, 6) is -2.54. The SMILES string of the molecule is O=C(O)C(F)(F)F.O=C(c1cccs1)N1CCCC2(CCN(Cc3cccnc3)C2)C1. The van der Waals surface area contributed by atoms with Crippen molar-refractivity contribution in [1.82, 2.24) is 14.8 Å². The van der Waals surface area contributed by atoms with E-state index in [0.717, 1.165) is 44.0 Å². The van der Waals surface area contributed by atoms with Crippen LogP contribution < -0.4 is 0 Å². The minimum Gasteiger partial charge on any atom is -0.475 e. The van der Waals surface area contributed by atoms with E-state index in [1.165, 1.54) is 18.4 Å². The fourth-order valence-corrected chi connectivity index (χ4v) is 4.87. The van der Waals surface area contributed by atoms with Gasteiger partial charge in [0.1, 0.15) is 0 Å². The zero-order chi connectivity index (χ0) is 22.5. The zero-order valence-electron chi connectivity index (χ0n) is 16.8. The summed E-state index contributed by atoms with van der Waals surface area (Å²) in [6.45, 7) is 4.99. The Labute approximate surface area is 182 Å². The zero-order valence-corrected chi connectivity index (χ0v) is 17.7. The number of hydrogen-bond donors (Lipinski definition) is 1. The van der Waals surface area contributed by atoms with Crippen LogP contribution in [0, 0.1) is 5.41 Å². The molecule has 0 radical (unpaired) electrons. The summed E-state index contributed by atoms with van der Waals surface area (Å²) >= 11 is 1.55. The lowest BCUT2D eigenvalue weighted by Gasteiger charge is -2.40. The summed E-state index contributed by atoms with van der Waals surface area (Å²) in [7, 11) is 0. The number of likely N-dealkylation sites (tertiary alicyclic amines) is 2. The fourth-order valence-electron chi connectivity index (χ4n) is 4.18. The summed E-state index contributed by atoms with van der Waals surface area (Å²) in [6, 6.07) is 8.05. The van der Waals surface area contributed by atoms with Gasteiger partial charge in [-0.15, -0.1) is 11.3 Å². The maximum atomic E-state index is 12.7. The van der Waals surface area contributed by atoms with Crippen molar-refractivity contribution in [3.63, 3.8) is 0 Å². The molecule has 2 aromatic rings. The van der Waals surface area contributed by atoms with Crippen LogP contribution in [0.15, 0.2) is 42.0 Å². The molecule has 0 saturated carbocycles. The van der Waals surface area contributed by atoms with Crippen LogP contribution in [0.4, 0.5) is 13.2 Å². The maximum Gasteiger partial charge on any atom is 0.490 e. The molecule has 1 spiro atoms. The van der Waals surface area contributed by atoms with Crippen molar-refractivity contribution in [2.45, 2.75) is 32.0 Å². The molecule has 4 rings (SSSR count). The third kappa shape index (κ3) is 6.27. The van der Waals surface area contributed by atoms with Gasteiger partial charge >= 0.3 is 12.1 Å². The molecule has 2 fully saturated rings. The highest BCUT2D eigenvalue weighted by atomic mass is 32.1. The van der Waals surface area contributed by atoms with Crippen molar-refractivity contribution < 1.29 is 27.9 Å². The number of carbonyl (C=O) groups is 2. The summed E-state index contributed by atoms with van der Waals surface area (Å²) in [4.78, 5) is 31.3. The number of carbonyl (C=O) groups excluding carboxylic acids is 1. The quantitative estimate of drug-likeness (QED) is 0.760. The van der Waals surface area contributed by atoms with E-state index in [9.17, 15) is 18.0 Å². The Balaban J connectivity index is 0.000000339. The minimum absolute atomic E-state index is 0.217. The molecule has 1 amide bonds. The van der Waals surface area contributed by atoms with E-state index in [2.05, 4.69) is 20.9 Å².